The molecule has 7 heteroatoms. The molecule has 2 amide bonds. The van der Waals surface area contributed by atoms with Gasteiger partial charge in [0.1, 0.15) is 0 Å². The number of aryl methyl sites for hydroxylation is 1. The van der Waals surface area contributed by atoms with Gasteiger partial charge in [-0.15, -0.1) is 0 Å². The van der Waals surface area contributed by atoms with Crippen LogP contribution in [0.5, 0.6) is 0 Å². The van der Waals surface area contributed by atoms with E-state index in [4.69, 9.17) is 16.3 Å². The minimum Gasteiger partial charge on any atom is -0.452 e. The zero-order chi connectivity index (χ0) is 21.1. The van der Waals surface area contributed by atoms with Gasteiger partial charge in [-0.25, -0.2) is 0 Å². The molecule has 0 spiro atoms. The van der Waals surface area contributed by atoms with Gasteiger partial charge >= 0.3 is 5.97 Å². The fraction of sp³-hybridized carbons (Fsp3) is 0.318. The van der Waals surface area contributed by atoms with Crippen LogP contribution in [-0.4, -0.2) is 30.4 Å². The predicted octanol–water partition coefficient (Wildman–Crippen LogP) is 3.88. The Morgan fingerprint density at radius 2 is 1.90 bits per heavy atom. The largest absolute Gasteiger partial charge is 0.452 e. The first-order valence-corrected chi connectivity index (χ1v) is 9.78. The second-order valence-electron chi connectivity index (χ2n) is 7.17. The summed E-state index contributed by atoms with van der Waals surface area (Å²) in [6.07, 6.45) is -0.950. The van der Waals surface area contributed by atoms with E-state index in [-0.39, 0.29) is 18.9 Å². The van der Waals surface area contributed by atoms with Crippen molar-refractivity contribution in [1.82, 2.24) is 0 Å². The lowest BCUT2D eigenvalue weighted by Gasteiger charge is -2.20. The van der Waals surface area contributed by atoms with Crippen LogP contribution >= 0.6 is 11.6 Å². The van der Waals surface area contributed by atoms with E-state index < -0.39 is 23.9 Å². The number of carbonyl (C=O) groups excluding carboxylic acids is 3. The van der Waals surface area contributed by atoms with Crippen molar-refractivity contribution in [2.75, 3.05) is 16.8 Å². The first-order valence-electron chi connectivity index (χ1n) is 9.40. The molecular weight excluding hydrogens is 392 g/mol. The third-order valence-corrected chi connectivity index (χ3v) is 5.45. The third-order valence-electron chi connectivity index (χ3n) is 5.12. The van der Waals surface area contributed by atoms with Gasteiger partial charge < -0.3 is 15.0 Å². The molecule has 1 aliphatic rings. The molecule has 0 radical (unpaired) electrons. The highest BCUT2D eigenvalue weighted by atomic mass is 35.5. The van der Waals surface area contributed by atoms with E-state index >= 15 is 0 Å². The molecule has 3 rings (SSSR count). The Hall–Kier alpha value is -2.86. The molecule has 0 aliphatic carbocycles. The van der Waals surface area contributed by atoms with Crippen LogP contribution in [0.2, 0.25) is 5.02 Å². The van der Waals surface area contributed by atoms with Crippen molar-refractivity contribution in [2.24, 2.45) is 5.92 Å². The predicted molar refractivity (Wildman–Crippen MR) is 112 cm³/mol. The Bertz CT molecular complexity index is 960. The minimum atomic E-state index is -1.01. The summed E-state index contributed by atoms with van der Waals surface area (Å²) < 4.78 is 5.32. The number of rotatable bonds is 5. The average Bonchev–Trinajstić information content (AvgIpc) is 3.07. The Balaban J connectivity index is 1.62. The number of hydrogen-bond donors (Lipinski definition) is 1. The van der Waals surface area contributed by atoms with Crippen molar-refractivity contribution in [3.8, 4) is 0 Å². The molecule has 0 unspecified atom stereocenters. The molecule has 0 bridgehead atoms. The molecule has 1 saturated heterocycles. The van der Waals surface area contributed by atoms with E-state index in [0.717, 1.165) is 16.8 Å². The van der Waals surface area contributed by atoms with Crippen molar-refractivity contribution < 1.29 is 19.1 Å². The van der Waals surface area contributed by atoms with Crippen molar-refractivity contribution >= 4 is 40.8 Å². The van der Waals surface area contributed by atoms with Gasteiger partial charge in [-0.2, -0.15) is 0 Å². The Morgan fingerprint density at radius 3 is 2.62 bits per heavy atom. The van der Waals surface area contributed by atoms with Gasteiger partial charge in [0.05, 0.1) is 16.6 Å². The summed E-state index contributed by atoms with van der Waals surface area (Å²) in [5.74, 6) is -1.79. The molecule has 29 heavy (non-hydrogen) atoms. The van der Waals surface area contributed by atoms with E-state index in [0.29, 0.717) is 10.7 Å². The van der Waals surface area contributed by atoms with Gasteiger partial charge in [0.2, 0.25) is 5.91 Å². The van der Waals surface area contributed by atoms with E-state index in [9.17, 15) is 14.4 Å². The molecule has 2 aromatic rings. The number of nitrogens with one attached hydrogen (secondary N) is 1. The molecule has 1 N–H and O–H groups in total. The van der Waals surface area contributed by atoms with Crippen molar-refractivity contribution in [3.05, 3.63) is 58.6 Å². The van der Waals surface area contributed by atoms with Crippen LogP contribution in [-0.2, 0) is 19.1 Å². The van der Waals surface area contributed by atoms with Crippen LogP contribution in [0.3, 0.4) is 0 Å². The second-order valence-corrected chi connectivity index (χ2v) is 7.58. The number of para-hydroxylation sites is 1. The van der Waals surface area contributed by atoms with Gasteiger partial charge in [0.25, 0.3) is 5.91 Å². The first kappa shape index (κ1) is 20.9. The van der Waals surface area contributed by atoms with Crippen LogP contribution in [0, 0.1) is 19.8 Å². The van der Waals surface area contributed by atoms with Gasteiger partial charge in [0.15, 0.2) is 6.10 Å². The number of carbonyl (C=O) groups is 3. The number of esters is 1. The fourth-order valence-electron chi connectivity index (χ4n) is 3.25. The van der Waals surface area contributed by atoms with Crippen LogP contribution in [0.15, 0.2) is 42.5 Å². The Labute approximate surface area is 174 Å². The topological polar surface area (TPSA) is 75.7 Å². The maximum Gasteiger partial charge on any atom is 0.312 e. The lowest BCUT2D eigenvalue weighted by atomic mass is 10.1. The molecule has 1 heterocycles. The summed E-state index contributed by atoms with van der Waals surface area (Å²) >= 11 is 6.03. The lowest BCUT2D eigenvalue weighted by Crippen LogP contribution is -2.33. The van der Waals surface area contributed by atoms with E-state index in [2.05, 4.69) is 5.32 Å². The van der Waals surface area contributed by atoms with Crippen LogP contribution < -0.4 is 10.2 Å². The molecule has 6 nitrogen and oxygen atoms in total. The van der Waals surface area contributed by atoms with Crippen molar-refractivity contribution in [3.63, 3.8) is 0 Å². The van der Waals surface area contributed by atoms with Crippen molar-refractivity contribution in [1.29, 1.82) is 0 Å². The smallest absolute Gasteiger partial charge is 0.312 e. The maximum atomic E-state index is 12.5. The summed E-state index contributed by atoms with van der Waals surface area (Å²) in [7, 11) is 0. The average molecular weight is 415 g/mol. The van der Waals surface area contributed by atoms with E-state index in [1.807, 2.05) is 32.0 Å². The molecule has 152 valence electrons. The molecular formula is C22H23ClN2O4. The highest BCUT2D eigenvalue weighted by molar-refractivity contribution is 6.33. The molecule has 0 aromatic heterocycles. The highest BCUT2D eigenvalue weighted by Crippen LogP contribution is 2.30. The number of anilines is 2. The van der Waals surface area contributed by atoms with E-state index in [1.54, 1.807) is 29.2 Å². The molecule has 2 aromatic carbocycles. The third kappa shape index (κ3) is 4.59. The monoisotopic (exact) mass is 414 g/mol. The summed E-state index contributed by atoms with van der Waals surface area (Å²) in [5, 5.41) is 3.03. The normalized spacial score (nSPS) is 17.2. The quantitative estimate of drug-likeness (QED) is 0.753. The number of benzene rings is 2. The zero-order valence-electron chi connectivity index (χ0n) is 16.6. The van der Waals surface area contributed by atoms with E-state index in [1.165, 1.54) is 6.92 Å². The SMILES string of the molecule is Cc1cccc(N2C[C@@H](C(=O)O[C@H](C)C(=O)Nc3ccccc3Cl)CC2=O)c1C. The van der Waals surface area contributed by atoms with Crippen LogP contribution in [0.4, 0.5) is 11.4 Å². The minimum absolute atomic E-state index is 0.0606. The maximum absolute atomic E-state index is 12.5. The number of nitrogens with zero attached hydrogens (tertiary/aromatic N) is 1. The van der Waals surface area contributed by atoms with Crippen LogP contribution in [0.25, 0.3) is 0 Å². The lowest BCUT2D eigenvalue weighted by molar-refractivity contribution is -0.157. The summed E-state index contributed by atoms with van der Waals surface area (Å²) in [6, 6.07) is 12.5. The molecule has 0 saturated carbocycles. The van der Waals surface area contributed by atoms with Gasteiger partial charge in [-0.1, -0.05) is 35.9 Å². The zero-order valence-corrected chi connectivity index (χ0v) is 17.3. The number of hydrogen-bond acceptors (Lipinski definition) is 4. The standard InChI is InChI=1S/C22H23ClN2O4/c1-13-7-6-10-19(14(13)2)25-12-16(11-20(25)26)22(28)29-15(3)21(27)24-18-9-5-4-8-17(18)23/h4-10,15-16H,11-12H2,1-3H3,(H,24,27)/t15-,16+/m1/s1. The first-order chi connectivity index (χ1) is 13.8. The van der Waals surface area contributed by atoms with Gasteiger partial charge in [-0.3, -0.25) is 14.4 Å². The molecule has 1 aliphatic heterocycles. The Morgan fingerprint density at radius 1 is 1.17 bits per heavy atom. The van der Waals surface area contributed by atoms with Gasteiger partial charge in [-0.05, 0) is 50.1 Å². The summed E-state index contributed by atoms with van der Waals surface area (Å²) in [4.78, 5) is 39.0. The number of ether oxygens (including phenoxy) is 1. The van der Waals surface area contributed by atoms with Gasteiger partial charge in [0, 0.05) is 18.7 Å². The summed E-state index contributed by atoms with van der Waals surface area (Å²) in [5.41, 5.74) is 3.32. The van der Waals surface area contributed by atoms with Crippen LogP contribution in [0.1, 0.15) is 24.5 Å². The Kier molecular flexibility index (Phi) is 6.23. The number of halogens is 1. The van der Waals surface area contributed by atoms with Crippen molar-refractivity contribution in [2.45, 2.75) is 33.3 Å². The summed E-state index contributed by atoms with van der Waals surface area (Å²) in [6.45, 7) is 5.65. The second kappa shape index (κ2) is 8.66. The molecule has 1 fully saturated rings. The number of amides is 2. The molecule has 2 atom stereocenters. The fourth-order valence-corrected chi connectivity index (χ4v) is 3.43. The highest BCUT2D eigenvalue weighted by Gasteiger charge is 2.37.